The molecule has 1 atom stereocenters. The largest absolute Gasteiger partial charge is 0.339 e. The van der Waals surface area contributed by atoms with E-state index in [2.05, 4.69) is 76.3 Å². The van der Waals surface area contributed by atoms with Crippen LogP contribution < -0.4 is 9.80 Å². The van der Waals surface area contributed by atoms with Crippen molar-refractivity contribution >= 4 is 17.5 Å². The average Bonchev–Trinajstić information content (AvgIpc) is 2.97. The molecule has 0 radical (unpaired) electrons. The summed E-state index contributed by atoms with van der Waals surface area (Å²) in [6, 6.07) is 21.5. The SMILES string of the molecule is Cc1cc(N2c3ccccc3CC2C)nc(N(C)Cc2ccccc2)n1. The van der Waals surface area contributed by atoms with Gasteiger partial charge in [0.05, 0.1) is 0 Å². The normalized spacial score (nSPS) is 15.8. The lowest BCUT2D eigenvalue weighted by molar-refractivity contribution is 0.745. The molecule has 1 aliphatic rings. The van der Waals surface area contributed by atoms with Crippen molar-refractivity contribution < 1.29 is 0 Å². The number of hydrogen-bond acceptors (Lipinski definition) is 4. The van der Waals surface area contributed by atoms with Gasteiger partial charge in [-0.05, 0) is 37.5 Å². The van der Waals surface area contributed by atoms with E-state index in [4.69, 9.17) is 4.98 Å². The molecular weight excluding hydrogens is 320 g/mol. The van der Waals surface area contributed by atoms with Crippen LogP contribution in [0.3, 0.4) is 0 Å². The first-order chi connectivity index (χ1) is 12.6. The molecule has 0 fully saturated rings. The maximum absolute atomic E-state index is 4.90. The van der Waals surface area contributed by atoms with E-state index in [1.807, 2.05) is 20.0 Å². The Hall–Kier alpha value is -2.88. The summed E-state index contributed by atoms with van der Waals surface area (Å²) >= 11 is 0. The highest BCUT2D eigenvalue weighted by atomic mass is 15.3. The summed E-state index contributed by atoms with van der Waals surface area (Å²) in [7, 11) is 2.05. The molecule has 0 spiro atoms. The van der Waals surface area contributed by atoms with Crippen LogP contribution in [0.2, 0.25) is 0 Å². The number of aryl methyl sites for hydroxylation is 1. The Balaban J connectivity index is 1.67. The van der Waals surface area contributed by atoms with Crippen LogP contribution in [0, 0.1) is 6.92 Å². The highest BCUT2D eigenvalue weighted by Gasteiger charge is 2.28. The number of rotatable bonds is 4. The second-order valence-corrected chi connectivity index (χ2v) is 7.06. The fourth-order valence-electron chi connectivity index (χ4n) is 3.67. The fourth-order valence-corrected chi connectivity index (χ4v) is 3.67. The summed E-state index contributed by atoms with van der Waals surface area (Å²) in [5, 5.41) is 0. The Labute approximate surface area is 155 Å². The zero-order valence-electron chi connectivity index (χ0n) is 15.6. The third kappa shape index (κ3) is 3.15. The summed E-state index contributed by atoms with van der Waals surface area (Å²) in [5.41, 5.74) is 4.88. The quantitative estimate of drug-likeness (QED) is 0.697. The van der Waals surface area contributed by atoms with E-state index in [0.717, 1.165) is 30.4 Å². The smallest absolute Gasteiger partial charge is 0.227 e. The van der Waals surface area contributed by atoms with Crippen molar-refractivity contribution in [2.45, 2.75) is 32.9 Å². The topological polar surface area (TPSA) is 32.3 Å². The monoisotopic (exact) mass is 344 g/mol. The Kier molecular flexibility index (Phi) is 4.33. The third-order valence-electron chi connectivity index (χ3n) is 4.89. The molecule has 26 heavy (non-hydrogen) atoms. The molecule has 132 valence electrons. The van der Waals surface area contributed by atoms with Gasteiger partial charge in [-0.2, -0.15) is 4.98 Å². The van der Waals surface area contributed by atoms with E-state index in [-0.39, 0.29) is 0 Å². The molecule has 3 aromatic rings. The first-order valence-corrected chi connectivity index (χ1v) is 9.09. The van der Waals surface area contributed by atoms with Crippen LogP contribution in [-0.4, -0.2) is 23.1 Å². The van der Waals surface area contributed by atoms with Gasteiger partial charge < -0.3 is 9.80 Å². The van der Waals surface area contributed by atoms with Gasteiger partial charge in [0.15, 0.2) is 0 Å². The predicted octanol–water partition coefficient (Wildman–Crippen LogP) is 4.50. The summed E-state index contributed by atoms with van der Waals surface area (Å²) in [6.45, 7) is 5.08. The van der Waals surface area contributed by atoms with Gasteiger partial charge >= 0.3 is 0 Å². The van der Waals surface area contributed by atoms with Crippen LogP contribution in [0.5, 0.6) is 0 Å². The molecule has 2 aromatic carbocycles. The molecule has 0 aliphatic carbocycles. The van der Waals surface area contributed by atoms with Gasteiger partial charge in [0.1, 0.15) is 5.82 Å². The number of para-hydroxylation sites is 1. The maximum Gasteiger partial charge on any atom is 0.227 e. The van der Waals surface area contributed by atoms with Crippen molar-refractivity contribution in [3.63, 3.8) is 0 Å². The average molecular weight is 344 g/mol. The molecule has 0 N–H and O–H groups in total. The van der Waals surface area contributed by atoms with Crippen molar-refractivity contribution in [2.24, 2.45) is 0 Å². The predicted molar refractivity (Wildman–Crippen MR) is 107 cm³/mol. The fraction of sp³-hybridized carbons (Fsp3) is 0.273. The number of benzene rings is 2. The van der Waals surface area contributed by atoms with Gasteiger partial charge in [-0.3, -0.25) is 0 Å². The van der Waals surface area contributed by atoms with Crippen molar-refractivity contribution in [1.29, 1.82) is 0 Å². The lowest BCUT2D eigenvalue weighted by Gasteiger charge is -2.26. The molecule has 4 nitrogen and oxygen atoms in total. The van der Waals surface area contributed by atoms with Crippen LogP contribution in [0.1, 0.15) is 23.7 Å². The van der Waals surface area contributed by atoms with Gasteiger partial charge in [0.25, 0.3) is 0 Å². The summed E-state index contributed by atoms with van der Waals surface area (Å²) in [5.74, 6) is 1.74. The molecule has 1 aromatic heterocycles. The van der Waals surface area contributed by atoms with Crippen LogP contribution in [-0.2, 0) is 13.0 Å². The lowest BCUT2D eigenvalue weighted by Crippen LogP contribution is -2.26. The zero-order chi connectivity index (χ0) is 18.1. The maximum atomic E-state index is 4.90. The Morgan fingerprint density at radius 1 is 1.04 bits per heavy atom. The van der Waals surface area contributed by atoms with Crippen LogP contribution in [0.15, 0.2) is 60.7 Å². The first kappa shape index (κ1) is 16.6. The van der Waals surface area contributed by atoms with Crippen molar-refractivity contribution in [2.75, 3.05) is 16.8 Å². The molecule has 2 heterocycles. The van der Waals surface area contributed by atoms with Gasteiger partial charge in [0, 0.05) is 37.1 Å². The Bertz CT molecular complexity index is 907. The van der Waals surface area contributed by atoms with Gasteiger partial charge in [0.2, 0.25) is 5.95 Å². The molecule has 4 rings (SSSR count). The minimum atomic E-state index is 0.397. The second kappa shape index (κ2) is 6.79. The molecule has 0 bridgehead atoms. The van der Waals surface area contributed by atoms with Crippen molar-refractivity contribution in [3.05, 3.63) is 77.5 Å². The van der Waals surface area contributed by atoms with E-state index in [0.29, 0.717) is 6.04 Å². The van der Waals surface area contributed by atoms with Crippen LogP contribution in [0.25, 0.3) is 0 Å². The molecule has 1 aliphatic heterocycles. The van der Waals surface area contributed by atoms with E-state index in [9.17, 15) is 0 Å². The number of anilines is 3. The number of hydrogen-bond donors (Lipinski definition) is 0. The minimum absolute atomic E-state index is 0.397. The summed E-state index contributed by atoms with van der Waals surface area (Å²) < 4.78 is 0. The molecule has 0 amide bonds. The van der Waals surface area contributed by atoms with E-state index in [1.54, 1.807) is 0 Å². The molecule has 4 heteroatoms. The number of nitrogens with zero attached hydrogens (tertiary/aromatic N) is 4. The summed E-state index contributed by atoms with van der Waals surface area (Å²) in [4.78, 5) is 14.0. The van der Waals surface area contributed by atoms with E-state index >= 15 is 0 Å². The first-order valence-electron chi connectivity index (χ1n) is 9.09. The second-order valence-electron chi connectivity index (χ2n) is 7.06. The zero-order valence-corrected chi connectivity index (χ0v) is 15.6. The van der Waals surface area contributed by atoms with Gasteiger partial charge in [-0.25, -0.2) is 4.98 Å². The highest BCUT2D eigenvalue weighted by Crippen LogP contribution is 2.37. The van der Waals surface area contributed by atoms with E-state index in [1.165, 1.54) is 16.8 Å². The number of fused-ring (bicyclic) bond motifs is 1. The molecule has 1 unspecified atom stereocenters. The Morgan fingerprint density at radius 3 is 2.58 bits per heavy atom. The van der Waals surface area contributed by atoms with Crippen LogP contribution in [0.4, 0.5) is 17.5 Å². The highest BCUT2D eigenvalue weighted by molar-refractivity contribution is 5.69. The van der Waals surface area contributed by atoms with Gasteiger partial charge in [-0.15, -0.1) is 0 Å². The van der Waals surface area contributed by atoms with Crippen LogP contribution >= 0.6 is 0 Å². The minimum Gasteiger partial charge on any atom is -0.339 e. The Morgan fingerprint density at radius 2 is 1.77 bits per heavy atom. The molecule has 0 saturated carbocycles. The lowest BCUT2D eigenvalue weighted by atomic mass is 10.1. The van der Waals surface area contributed by atoms with Gasteiger partial charge in [-0.1, -0.05) is 48.5 Å². The number of aromatic nitrogens is 2. The standard InChI is InChI=1S/C22H24N4/c1-16-13-21(26-17(2)14-19-11-7-8-12-20(19)26)24-22(23-16)25(3)15-18-9-5-4-6-10-18/h4-13,17H,14-15H2,1-3H3. The van der Waals surface area contributed by atoms with E-state index < -0.39 is 0 Å². The third-order valence-corrected chi connectivity index (χ3v) is 4.89. The molecule has 0 saturated heterocycles. The molecular formula is C22H24N4. The summed E-state index contributed by atoms with van der Waals surface area (Å²) in [6.07, 6.45) is 1.05. The van der Waals surface area contributed by atoms with Crippen molar-refractivity contribution in [1.82, 2.24) is 9.97 Å². The van der Waals surface area contributed by atoms with Crippen molar-refractivity contribution in [3.8, 4) is 0 Å².